The van der Waals surface area contributed by atoms with Crippen LogP contribution in [0, 0.1) is 6.92 Å². The summed E-state index contributed by atoms with van der Waals surface area (Å²) in [5.41, 5.74) is 9.76. The zero-order valence-corrected chi connectivity index (χ0v) is 13.4. The summed E-state index contributed by atoms with van der Waals surface area (Å²) in [4.78, 5) is 4.55. The highest BCUT2D eigenvalue weighted by Crippen LogP contribution is 2.32. The average Bonchev–Trinajstić information content (AvgIpc) is 2.37. The van der Waals surface area contributed by atoms with Gasteiger partial charge in [0.05, 0.1) is 11.1 Å². The fourth-order valence-corrected chi connectivity index (χ4v) is 3.04. The van der Waals surface area contributed by atoms with E-state index < -0.39 is 0 Å². The van der Waals surface area contributed by atoms with Gasteiger partial charge in [-0.25, -0.2) is 4.98 Å². The van der Waals surface area contributed by atoms with E-state index in [1.165, 1.54) is 5.56 Å². The van der Waals surface area contributed by atoms with E-state index in [1.54, 1.807) is 11.8 Å². The summed E-state index contributed by atoms with van der Waals surface area (Å²) in [5, 5.41) is 1.05. The minimum absolute atomic E-state index is 0.114. The van der Waals surface area contributed by atoms with E-state index >= 15 is 0 Å². The van der Waals surface area contributed by atoms with E-state index in [0.717, 1.165) is 16.2 Å². The number of nitrogens with two attached hydrogens (primary N) is 1. The van der Waals surface area contributed by atoms with Crippen molar-refractivity contribution in [2.24, 2.45) is 5.73 Å². The molecule has 0 saturated heterocycles. The van der Waals surface area contributed by atoms with Crippen molar-refractivity contribution in [1.82, 2.24) is 4.98 Å². The molecule has 0 saturated carbocycles. The molecule has 0 bridgehead atoms. The first-order chi connectivity index (χ1) is 9.37. The van der Waals surface area contributed by atoms with Crippen LogP contribution in [0.2, 0.25) is 0 Å². The van der Waals surface area contributed by atoms with Crippen molar-refractivity contribution < 1.29 is 0 Å². The molecule has 2 aromatic rings. The molecule has 1 atom stereocenters. The smallest absolute Gasteiger partial charge is 0.0967 e. The van der Waals surface area contributed by atoms with Crippen molar-refractivity contribution >= 4 is 11.8 Å². The van der Waals surface area contributed by atoms with Crippen LogP contribution in [0.15, 0.2) is 47.6 Å². The summed E-state index contributed by atoms with van der Waals surface area (Å²) in [5.74, 6) is 0. The third-order valence-corrected chi connectivity index (χ3v) is 4.08. The van der Waals surface area contributed by atoms with Gasteiger partial charge in [-0.05, 0) is 29.7 Å². The predicted octanol–water partition coefficient (Wildman–Crippen LogP) is 4.33. The third kappa shape index (κ3) is 3.84. The Morgan fingerprint density at radius 2 is 1.80 bits per heavy atom. The zero-order valence-electron chi connectivity index (χ0n) is 12.6. The number of aryl methyl sites for hydroxylation is 1. The number of rotatable bonds is 3. The number of benzene rings is 1. The molecule has 20 heavy (non-hydrogen) atoms. The Morgan fingerprint density at radius 1 is 1.15 bits per heavy atom. The molecule has 0 aliphatic heterocycles. The van der Waals surface area contributed by atoms with E-state index in [0.29, 0.717) is 0 Å². The molecule has 0 unspecified atom stereocenters. The second kappa shape index (κ2) is 5.98. The van der Waals surface area contributed by atoms with Crippen molar-refractivity contribution in [2.45, 2.75) is 43.5 Å². The SMILES string of the molecule is Cc1cc(SC(C)(C)C)ncc1[C@@H](N)c1ccccc1. The molecule has 2 N–H and O–H groups in total. The van der Waals surface area contributed by atoms with E-state index in [2.05, 4.69) is 50.9 Å². The lowest BCUT2D eigenvalue weighted by molar-refractivity contribution is 0.796. The van der Waals surface area contributed by atoms with E-state index in [-0.39, 0.29) is 10.8 Å². The van der Waals surface area contributed by atoms with Crippen LogP contribution < -0.4 is 5.73 Å². The standard InChI is InChI=1S/C17H22N2S/c1-12-10-15(20-17(2,3)4)19-11-14(12)16(18)13-8-6-5-7-9-13/h5-11,16H,18H2,1-4H3/t16-/m0/s1. The lowest BCUT2D eigenvalue weighted by Crippen LogP contribution is -2.14. The van der Waals surface area contributed by atoms with Crippen molar-refractivity contribution in [2.75, 3.05) is 0 Å². The van der Waals surface area contributed by atoms with Gasteiger partial charge in [-0.1, -0.05) is 51.1 Å². The Morgan fingerprint density at radius 3 is 2.35 bits per heavy atom. The monoisotopic (exact) mass is 286 g/mol. The first-order valence-electron chi connectivity index (χ1n) is 6.83. The number of thioether (sulfide) groups is 1. The molecule has 2 rings (SSSR count). The van der Waals surface area contributed by atoms with Crippen molar-refractivity contribution in [1.29, 1.82) is 0 Å². The first kappa shape index (κ1) is 15.1. The zero-order chi connectivity index (χ0) is 14.8. The topological polar surface area (TPSA) is 38.9 Å². The Hall–Kier alpha value is -1.32. The van der Waals surface area contributed by atoms with Crippen LogP contribution in [0.1, 0.15) is 43.5 Å². The van der Waals surface area contributed by atoms with E-state index in [1.807, 2.05) is 24.4 Å². The number of pyridine rings is 1. The van der Waals surface area contributed by atoms with Gasteiger partial charge in [0.2, 0.25) is 0 Å². The molecule has 0 radical (unpaired) electrons. The molecule has 2 nitrogen and oxygen atoms in total. The van der Waals surface area contributed by atoms with Crippen LogP contribution in [-0.2, 0) is 0 Å². The van der Waals surface area contributed by atoms with E-state index in [9.17, 15) is 0 Å². The Labute approximate surface area is 125 Å². The summed E-state index contributed by atoms with van der Waals surface area (Å²) in [7, 11) is 0. The van der Waals surface area contributed by atoms with Crippen LogP contribution in [0.4, 0.5) is 0 Å². The van der Waals surface area contributed by atoms with Crippen LogP contribution in [0.3, 0.4) is 0 Å². The first-order valence-corrected chi connectivity index (χ1v) is 7.64. The lowest BCUT2D eigenvalue weighted by Gasteiger charge is -2.19. The Bertz CT molecular complexity index is 573. The molecule has 0 fully saturated rings. The van der Waals surface area contributed by atoms with Crippen LogP contribution in [-0.4, -0.2) is 9.73 Å². The molecular formula is C17H22N2S. The van der Waals surface area contributed by atoms with Gasteiger partial charge < -0.3 is 5.73 Å². The molecule has 0 aliphatic rings. The fraction of sp³-hybridized carbons (Fsp3) is 0.353. The summed E-state index contributed by atoms with van der Waals surface area (Å²) in [6, 6.07) is 12.2. The maximum absolute atomic E-state index is 6.35. The number of hydrogen-bond acceptors (Lipinski definition) is 3. The number of hydrogen-bond donors (Lipinski definition) is 1. The van der Waals surface area contributed by atoms with Gasteiger partial charge >= 0.3 is 0 Å². The third-order valence-electron chi connectivity index (χ3n) is 3.03. The van der Waals surface area contributed by atoms with Crippen LogP contribution in [0.25, 0.3) is 0 Å². The maximum atomic E-state index is 6.35. The van der Waals surface area contributed by atoms with Gasteiger partial charge in [0.15, 0.2) is 0 Å². The molecule has 1 aromatic heterocycles. The highest BCUT2D eigenvalue weighted by Gasteiger charge is 2.16. The number of aromatic nitrogens is 1. The highest BCUT2D eigenvalue weighted by molar-refractivity contribution is 8.00. The van der Waals surface area contributed by atoms with Crippen LogP contribution >= 0.6 is 11.8 Å². The summed E-state index contributed by atoms with van der Waals surface area (Å²) in [6.07, 6.45) is 1.92. The van der Waals surface area contributed by atoms with Gasteiger partial charge in [0.25, 0.3) is 0 Å². The Kier molecular flexibility index (Phi) is 4.51. The molecular weight excluding hydrogens is 264 g/mol. The summed E-state index contributed by atoms with van der Waals surface area (Å²) >= 11 is 1.78. The molecule has 0 spiro atoms. The molecule has 106 valence electrons. The summed E-state index contributed by atoms with van der Waals surface area (Å²) in [6.45, 7) is 8.68. The van der Waals surface area contributed by atoms with Gasteiger partial charge in [-0.15, -0.1) is 11.8 Å². The van der Waals surface area contributed by atoms with Gasteiger partial charge in [-0.2, -0.15) is 0 Å². The second-order valence-electron chi connectivity index (χ2n) is 5.98. The van der Waals surface area contributed by atoms with Gasteiger partial charge in [-0.3, -0.25) is 0 Å². The molecule has 1 aromatic carbocycles. The Balaban J connectivity index is 2.26. The van der Waals surface area contributed by atoms with Crippen molar-refractivity contribution in [3.63, 3.8) is 0 Å². The lowest BCUT2D eigenvalue weighted by atomic mass is 9.98. The van der Waals surface area contributed by atoms with Gasteiger partial charge in [0.1, 0.15) is 0 Å². The minimum Gasteiger partial charge on any atom is -0.320 e. The van der Waals surface area contributed by atoms with Crippen molar-refractivity contribution in [3.05, 3.63) is 59.3 Å². The van der Waals surface area contributed by atoms with E-state index in [4.69, 9.17) is 5.73 Å². The quantitative estimate of drug-likeness (QED) is 0.854. The van der Waals surface area contributed by atoms with Gasteiger partial charge in [0, 0.05) is 10.9 Å². The molecule has 0 aliphatic carbocycles. The minimum atomic E-state index is -0.114. The molecule has 3 heteroatoms. The molecule has 1 heterocycles. The number of nitrogens with zero attached hydrogens (tertiary/aromatic N) is 1. The second-order valence-corrected chi connectivity index (χ2v) is 7.83. The normalized spacial score (nSPS) is 13.2. The predicted molar refractivity (Wildman–Crippen MR) is 87.1 cm³/mol. The average molecular weight is 286 g/mol. The fourth-order valence-electron chi connectivity index (χ4n) is 2.08. The van der Waals surface area contributed by atoms with Crippen molar-refractivity contribution in [3.8, 4) is 0 Å². The summed E-state index contributed by atoms with van der Waals surface area (Å²) < 4.78 is 0.169. The maximum Gasteiger partial charge on any atom is 0.0967 e. The van der Waals surface area contributed by atoms with Crippen LogP contribution in [0.5, 0.6) is 0 Å². The largest absolute Gasteiger partial charge is 0.320 e. The molecule has 0 amide bonds. The highest BCUT2D eigenvalue weighted by atomic mass is 32.2.